The highest BCUT2D eigenvalue weighted by atomic mass is 16.4. The number of aliphatic hydroxyl groups is 1. The first-order valence-electron chi connectivity index (χ1n) is 10.2. The van der Waals surface area contributed by atoms with Gasteiger partial charge in [0.15, 0.2) is 0 Å². The van der Waals surface area contributed by atoms with Crippen molar-refractivity contribution in [2.24, 2.45) is 5.92 Å². The molecule has 1 fully saturated rings. The van der Waals surface area contributed by atoms with E-state index >= 15 is 0 Å². The van der Waals surface area contributed by atoms with Gasteiger partial charge in [-0.05, 0) is 49.7 Å². The van der Waals surface area contributed by atoms with Crippen LogP contribution in [-0.2, 0) is 11.2 Å². The molecule has 0 radical (unpaired) electrons. The number of nitrogens with zero attached hydrogens (tertiary/aromatic N) is 1. The molecule has 0 aromatic heterocycles. The highest BCUT2D eigenvalue weighted by Crippen LogP contribution is 2.27. The molecule has 2 N–H and O–H groups in total. The first kappa shape index (κ1) is 21.4. The molecule has 150 valence electrons. The van der Waals surface area contributed by atoms with Crippen LogP contribution in [0.25, 0.3) is 0 Å². The zero-order chi connectivity index (χ0) is 19.9. The van der Waals surface area contributed by atoms with Crippen LogP contribution >= 0.6 is 0 Å². The van der Waals surface area contributed by atoms with Gasteiger partial charge >= 0.3 is 5.97 Å². The summed E-state index contributed by atoms with van der Waals surface area (Å²) in [6.45, 7) is 5.44. The van der Waals surface area contributed by atoms with Crippen molar-refractivity contribution < 1.29 is 19.8 Å². The van der Waals surface area contributed by atoms with Gasteiger partial charge in [-0.3, -0.25) is 4.79 Å². The fourth-order valence-corrected chi connectivity index (χ4v) is 4.23. The van der Waals surface area contributed by atoms with E-state index in [4.69, 9.17) is 0 Å². The number of carbonyl (C=O) groups excluding carboxylic acids is 1. The van der Waals surface area contributed by atoms with Crippen LogP contribution in [0.3, 0.4) is 0 Å². The molecule has 5 nitrogen and oxygen atoms in total. The number of carboxylic acids is 1. The van der Waals surface area contributed by atoms with E-state index in [9.17, 15) is 19.8 Å². The lowest BCUT2D eigenvalue weighted by atomic mass is 9.86. The standard InChI is InChI=1S/C22H33NO4/c1-3-11-22(27,12-4-2)16-20(24)23-13-9-17(10-14-23)15-18-7-5-6-8-19(18)21(25)26/h5-8,17,27H,3-4,9-16H2,1-2H3,(H,25,26). The molecule has 1 aliphatic heterocycles. The number of benzene rings is 1. The monoisotopic (exact) mass is 375 g/mol. The smallest absolute Gasteiger partial charge is 0.335 e. The van der Waals surface area contributed by atoms with Crippen molar-refractivity contribution in [1.29, 1.82) is 0 Å². The maximum absolute atomic E-state index is 12.7. The van der Waals surface area contributed by atoms with Crippen molar-refractivity contribution in [2.45, 2.75) is 70.8 Å². The van der Waals surface area contributed by atoms with Crippen LogP contribution in [0.2, 0.25) is 0 Å². The van der Waals surface area contributed by atoms with Gasteiger partial charge in [0.1, 0.15) is 0 Å². The summed E-state index contributed by atoms with van der Waals surface area (Å²) in [5, 5.41) is 20.1. The van der Waals surface area contributed by atoms with E-state index in [1.54, 1.807) is 12.1 Å². The molecule has 0 bridgehead atoms. The second kappa shape index (κ2) is 9.88. The minimum absolute atomic E-state index is 0.0452. The molecule has 0 saturated carbocycles. The van der Waals surface area contributed by atoms with Gasteiger partial charge in [-0.2, -0.15) is 0 Å². The van der Waals surface area contributed by atoms with Crippen LogP contribution < -0.4 is 0 Å². The Labute approximate surface area is 162 Å². The molecule has 1 aliphatic rings. The van der Waals surface area contributed by atoms with Gasteiger partial charge in [-0.25, -0.2) is 4.79 Å². The van der Waals surface area contributed by atoms with E-state index < -0.39 is 11.6 Å². The van der Waals surface area contributed by atoms with Crippen LogP contribution in [0.1, 0.15) is 74.7 Å². The molecule has 2 rings (SSSR count). The Hall–Kier alpha value is -1.88. The maximum atomic E-state index is 12.7. The van der Waals surface area contributed by atoms with E-state index in [1.807, 2.05) is 30.9 Å². The first-order chi connectivity index (χ1) is 12.9. The summed E-state index contributed by atoms with van der Waals surface area (Å²) in [6.07, 6.45) is 5.76. The number of carbonyl (C=O) groups is 2. The van der Waals surface area contributed by atoms with Crippen molar-refractivity contribution in [3.63, 3.8) is 0 Å². The third-order valence-electron chi connectivity index (χ3n) is 5.63. The van der Waals surface area contributed by atoms with Gasteiger partial charge < -0.3 is 15.1 Å². The number of carboxylic acid groups (broad SMARTS) is 1. The van der Waals surface area contributed by atoms with Gasteiger partial charge in [0.2, 0.25) is 5.91 Å². The molecule has 27 heavy (non-hydrogen) atoms. The minimum atomic E-state index is -0.885. The predicted octanol–water partition coefficient (Wildman–Crippen LogP) is 3.89. The van der Waals surface area contributed by atoms with Crippen LogP contribution in [0, 0.1) is 5.92 Å². The summed E-state index contributed by atoms with van der Waals surface area (Å²) in [5.74, 6) is -0.451. The van der Waals surface area contributed by atoms with Crippen LogP contribution in [0.4, 0.5) is 0 Å². The van der Waals surface area contributed by atoms with E-state index in [2.05, 4.69) is 0 Å². The van der Waals surface area contributed by atoms with Crippen molar-refractivity contribution in [3.05, 3.63) is 35.4 Å². The zero-order valence-electron chi connectivity index (χ0n) is 16.6. The summed E-state index contributed by atoms with van der Waals surface area (Å²) in [6, 6.07) is 7.17. The van der Waals surface area contributed by atoms with E-state index in [0.29, 0.717) is 37.4 Å². The van der Waals surface area contributed by atoms with Gasteiger partial charge in [-0.15, -0.1) is 0 Å². The molecule has 1 heterocycles. The summed E-state index contributed by atoms with van der Waals surface area (Å²) in [5.41, 5.74) is 0.368. The lowest BCUT2D eigenvalue weighted by molar-refractivity contribution is -0.138. The van der Waals surface area contributed by atoms with Crippen LogP contribution in [-0.4, -0.2) is 45.7 Å². The largest absolute Gasteiger partial charge is 0.478 e. The quantitative estimate of drug-likeness (QED) is 0.686. The van der Waals surface area contributed by atoms with Crippen molar-refractivity contribution in [3.8, 4) is 0 Å². The lowest BCUT2D eigenvalue weighted by Crippen LogP contribution is -2.43. The molecule has 5 heteroatoms. The molecule has 1 saturated heterocycles. The Kier molecular flexibility index (Phi) is 7.84. The molecular weight excluding hydrogens is 342 g/mol. The predicted molar refractivity (Wildman–Crippen MR) is 106 cm³/mol. The van der Waals surface area contributed by atoms with E-state index in [1.165, 1.54) is 0 Å². The van der Waals surface area contributed by atoms with Gasteiger partial charge in [-0.1, -0.05) is 44.9 Å². The molecule has 0 spiro atoms. The Morgan fingerprint density at radius 2 is 1.70 bits per heavy atom. The molecule has 0 aliphatic carbocycles. The third kappa shape index (κ3) is 6.06. The second-order valence-electron chi connectivity index (χ2n) is 7.89. The molecule has 0 atom stereocenters. The number of amides is 1. The minimum Gasteiger partial charge on any atom is -0.478 e. The zero-order valence-corrected chi connectivity index (χ0v) is 16.6. The lowest BCUT2D eigenvalue weighted by Gasteiger charge is -2.35. The summed E-state index contributed by atoms with van der Waals surface area (Å²) >= 11 is 0. The van der Waals surface area contributed by atoms with Gasteiger partial charge in [0, 0.05) is 13.1 Å². The summed E-state index contributed by atoms with van der Waals surface area (Å²) in [7, 11) is 0. The molecular formula is C22H33NO4. The van der Waals surface area contributed by atoms with Crippen LogP contribution in [0.5, 0.6) is 0 Å². The Bertz CT molecular complexity index is 629. The average molecular weight is 376 g/mol. The van der Waals surface area contributed by atoms with Crippen molar-refractivity contribution >= 4 is 11.9 Å². The van der Waals surface area contributed by atoms with E-state index in [0.717, 1.165) is 37.7 Å². The highest BCUT2D eigenvalue weighted by molar-refractivity contribution is 5.89. The Morgan fingerprint density at radius 3 is 2.26 bits per heavy atom. The number of piperidine rings is 1. The fourth-order valence-electron chi connectivity index (χ4n) is 4.23. The van der Waals surface area contributed by atoms with Crippen LogP contribution in [0.15, 0.2) is 24.3 Å². The topological polar surface area (TPSA) is 77.8 Å². The van der Waals surface area contributed by atoms with Gasteiger partial charge in [0.05, 0.1) is 17.6 Å². The summed E-state index contributed by atoms with van der Waals surface area (Å²) < 4.78 is 0. The Balaban J connectivity index is 1.89. The number of hydrogen-bond donors (Lipinski definition) is 2. The number of hydrogen-bond acceptors (Lipinski definition) is 3. The van der Waals surface area contributed by atoms with E-state index in [-0.39, 0.29) is 12.3 Å². The molecule has 0 unspecified atom stereocenters. The highest BCUT2D eigenvalue weighted by Gasteiger charge is 2.32. The number of rotatable bonds is 9. The molecule has 1 amide bonds. The van der Waals surface area contributed by atoms with Gasteiger partial charge in [0.25, 0.3) is 0 Å². The molecule has 1 aromatic carbocycles. The summed E-state index contributed by atoms with van der Waals surface area (Å²) in [4.78, 5) is 25.9. The Morgan fingerprint density at radius 1 is 1.11 bits per heavy atom. The van der Waals surface area contributed by atoms with Crippen molar-refractivity contribution in [1.82, 2.24) is 4.90 Å². The fraction of sp³-hybridized carbons (Fsp3) is 0.636. The first-order valence-corrected chi connectivity index (χ1v) is 10.2. The maximum Gasteiger partial charge on any atom is 0.335 e. The third-order valence-corrected chi connectivity index (χ3v) is 5.63. The normalized spacial score (nSPS) is 15.7. The second-order valence-corrected chi connectivity index (χ2v) is 7.89. The number of aromatic carboxylic acids is 1. The average Bonchev–Trinajstić information content (AvgIpc) is 2.62. The molecule has 1 aromatic rings. The SMILES string of the molecule is CCCC(O)(CCC)CC(=O)N1CCC(Cc2ccccc2C(=O)O)CC1. The number of likely N-dealkylation sites (tertiary alicyclic amines) is 1. The van der Waals surface area contributed by atoms with Crippen molar-refractivity contribution in [2.75, 3.05) is 13.1 Å².